The lowest BCUT2D eigenvalue weighted by atomic mass is 10.1. The molecule has 1 amide bonds. The largest absolute Gasteiger partial charge is 0.573 e. The molecule has 0 aromatic heterocycles. The van der Waals surface area contributed by atoms with Gasteiger partial charge in [-0.1, -0.05) is 23.9 Å². The number of ether oxygens (including phenoxy) is 2. The number of amidine groups is 1. The van der Waals surface area contributed by atoms with Crippen molar-refractivity contribution in [1.29, 1.82) is 0 Å². The van der Waals surface area contributed by atoms with Crippen LogP contribution in [0.3, 0.4) is 0 Å². The van der Waals surface area contributed by atoms with E-state index in [-0.39, 0.29) is 23.2 Å². The average molecular weight is 501 g/mol. The molecule has 0 bridgehead atoms. The molecule has 2 atom stereocenters. The summed E-state index contributed by atoms with van der Waals surface area (Å²) in [5, 5.41) is -0.00320. The van der Waals surface area contributed by atoms with E-state index in [2.05, 4.69) is 9.73 Å². The molecule has 2 aromatic rings. The molecular weight excluding hydrogens is 481 g/mol. The van der Waals surface area contributed by atoms with Gasteiger partial charge in [-0.05, 0) is 42.0 Å². The van der Waals surface area contributed by atoms with Gasteiger partial charge in [-0.3, -0.25) is 4.79 Å². The van der Waals surface area contributed by atoms with E-state index < -0.39 is 33.9 Å². The van der Waals surface area contributed by atoms with Crippen molar-refractivity contribution < 1.29 is 35.9 Å². The number of rotatable bonds is 5. The number of methoxy groups -OCH3 is 1. The second kappa shape index (κ2) is 8.90. The SMILES string of the molecule is COc1ccc(CC(=O)N=C2SC3CS(=O)(=O)CC3N2c2ccc(OC(F)(F)F)cc2)cc1. The van der Waals surface area contributed by atoms with Gasteiger partial charge >= 0.3 is 6.36 Å². The topological polar surface area (TPSA) is 85.3 Å². The Kier molecular flexibility index (Phi) is 6.32. The number of aliphatic imine (C=N–C) groups is 1. The van der Waals surface area contributed by atoms with Crippen LogP contribution in [0.4, 0.5) is 18.9 Å². The number of hydrogen-bond donors (Lipinski definition) is 0. The van der Waals surface area contributed by atoms with E-state index >= 15 is 0 Å². The van der Waals surface area contributed by atoms with E-state index in [4.69, 9.17) is 4.74 Å². The van der Waals surface area contributed by atoms with Gasteiger partial charge < -0.3 is 14.4 Å². The quantitative estimate of drug-likeness (QED) is 0.622. The van der Waals surface area contributed by atoms with Crippen LogP contribution in [0.15, 0.2) is 53.5 Å². The van der Waals surface area contributed by atoms with Crippen LogP contribution in [0, 0.1) is 0 Å². The molecule has 33 heavy (non-hydrogen) atoms. The molecule has 176 valence electrons. The molecule has 2 heterocycles. The van der Waals surface area contributed by atoms with Crippen molar-refractivity contribution in [2.45, 2.75) is 24.1 Å². The summed E-state index contributed by atoms with van der Waals surface area (Å²) in [6.45, 7) is 0. The molecular formula is C21H19F3N2O5S2. The number of carbonyl (C=O) groups excluding carboxylic acids is 1. The van der Waals surface area contributed by atoms with E-state index in [9.17, 15) is 26.4 Å². The fourth-order valence-electron chi connectivity index (χ4n) is 3.74. The maximum atomic E-state index is 12.6. The molecule has 2 fully saturated rings. The molecule has 2 aliphatic heterocycles. The van der Waals surface area contributed by atoms with Crippen LogP contribution in [0.25, 0.3) is 0 Å². The first-order chi connectivity index (χ1) is 15.5. The highest BCUT2D eigenvalue weighted by Gasteiger charge is 2.49. The number of nitrogens with zero attached hydrogens (tertiary/aromatic N) is 2. The van der Waals surface area contributed by atoms with Crippen molar-refractivity contribution in [1.82, 2.24) is 0 Å². The zero-order valence-corrected chi connectivity index (χ0v) is 18.9. The zero-order chi connectivity index (χ0) is 23.8. The number of fused-ring (bicyclic) bond motifs is 1. The first kappa shape index (κ1) is 23.4. The highest BCUT2D eigenvalue weighted by Crippen LogP contribution is 2.41. The Balaban J connectivity index is 1.58. The Morgan fingerprint density at radius 2 is 1.73 bits per heavy atom. The first-order valence-corrected chi connectivity index (χ1v) is 12.5. The molecule has 12 heteroatoms. The van der Waals surface area contributed by atoms with Gasteiger partial charge in [0, 0.05) is 10.9 Å². The summed E-state index contributed by atoms with van der Waals surface area (Å²) >= 11 is 1.19. The number of benzene rings is 2. The van der Waals surface area contributed by atoms with Crippen molar-refractivity contribution in [3.05, 3.63) is 54.1 Å². The molecule has 2 aliphatic rings. The summed E-state index contributed by atoms with van der Waals surface area (Å²) in [6, 6.07) is 11.5. The van der Waals surface area contributed by atoms with Crippen LogP contribution < -0.4 is 14.4 Å². The van der Waals surface area contributed by atoms with E-state index in [1.54, 1.807) is 29.2 Å². The van der Waals surface area contributed by atoms with Crippen molar-refractivity contribution >= 4 is 38.4 Å². The summed E-state index contributed by atoms with van der Waals surface area (Å²) in [6.07, 6.45) is -4.79. The zero-order valence-electron chi connectivity index (χ0n) is 17.3. The Bertz CT molecular complexity index is 1170. The Hall–Kier alpha value is -2.73. The van der Waals surface area contributed by atoms with Crippen molar-refractivity contribution in [2.24, 2.45) is 4.99 Å². The number of amides is 1. The number of carbonyl (C=O) groups is 1. The molecule has 4 rings (SSSR count). The molecule has 2 unspecified atom stereocenters. The molecule has 2 saturated heterocycles. The van der Waals surface area contributed by atoms with Gasteiger partial charge in [0.05, 0.1) is 31.1 Å². The molecule has 7 nitrogen and oxygen atoms in total. The van der Waals surface area contributed by atoms with E-state index in [1.807, 2.05) is 0 Å². The van der Waals surface area contributed by atoms with Gasteiger partial charge in [0.25, 0.3) is 5.91 Å². The van der Waals surface area contributed by atoms with E-state index in [0.29, 0.717) is 16.6 Å². The Labute approximate surface area is 192 Å². The van der Waals surface area contributed by atoms with Crippen LogP contribution in [0.1, 0.15) is 5.56 Å². The standard InChI is InChI=1S/C21H19F3N2O5S2/c1-30-15-6-2-13(3-7-15)10-19(27)25-20-26(17-11-33(28,29)12-18(17)32-20)14-4-8-16(9-5-14)31-21(22,23)24/h2-9,17-18H,10-12H2,1H3. The molecule has 0 saturated carbocycles. The first-order valence-electron chi connectivity index (χ1n) is 9.79. The van der Waals surface area contributed by atoms with Crippen molar-refractivity contribution in [2.75, 3.05) is 23.5 Å². The lowest BCUT2D eigenvalue weighted by molar-refractivity contribution is -0.274. The molecule has 0 N–H and O–H groups in total. The van der Waals surface area contributed by atoms with Gasteiger partial charge in [-0.25, -0.2) is 8.42 Å². The van der Waals surface area contributed by atoms with Gasteiger partial charge in [0.15, 0.2) is 15.0 Å². The smallest absolute Gasteiger partial charge is 0.497 e. The third-order valence-electron chi connectivity index (χ3n) is 5.15. The lowest BCUT2D eigenvalue weighted by Gasteiger charge is -2.24. The average Bonchev–Trinajstić information content (AvgIpc) is 3.18. The predicted molar refractivity (Wildman–Crippen MR) is 119 cm³/mol. The van der Waals surface area contributed by atoms with Gasteiger partial charge in [0.2, 0.25) is 0 Å². The van der Waals surface area contributed by atoms with Crippen LogP contribution >= 0.6 is 11.8 Å². The fourth-order valence-corrected chi connectivity index (χ4v) is 7.67. The molecule has 0 spiro atoms. The number of halogens is 3. The fraction of sp³-hybridized carbons (Fsp3) is 0.333. The number of anilines is 1. The highest BCUT2D eigenvalue weighted by molar-refractivity contribution is 8.16. The predicted octanol–water partition coefficient (Wildman–Crippen LogP) is 3.44. The second-order valence-electron chi connectivity index (χ2n) is 7.53. The third-order valence-corrected chi connectivity index (χ3v) is 8.36. The van der Waals surface area contributed by atoms with E-state index in [1.165, 1.54) is 31.0 Å². The van der Waals surface area contributed by atoms with Crippen molar-refractivity contribution in [3.63, 3.8) is 0 Å². The highest BCUT2D eigenvalue weighted by atomic mass is 32.2. The minimum absolute atomic E-state index is 0.0356. The number of hydrogen-bond acceptors (Lipinski definition) is 6. The van der Waals surface area contributed by atoms with Gasteiger partial charge in [0.1, 0.15) is 11.5 Å². The van der Waals surface area contributed by atoms with Crippen LogP contribution in [-0.4, -0.2) is 55.8 Å². The maximum Gasteiger partial charge on any atom is 0.573 e. The minimum atomic E-state index is -4.82. The van der Waals surface area contributed by atoms with Crippen molar-refractivity contribution in [3.8, 4) is 11.5 Å². The lowest BCUT2D eigenvalue weighted by Crippen LogP contribution is -2.37. The number of sulfone groups is 1. The second-order valence-corrected chi connectivity index (χ2v) is 10.9. The summed E-state index contributed by atoms with van der Waals surface area (Å²) in [7, 11) is -1.73. The normalized spacial score (nSPS) is 22.9. The minimum Gasteiger partial charge on any atom is -0.497 e. The number of alkyl halides is 3. The Morgan fingerprint density at radius 1 is 1.09 bits per heavy atom. The summed E-state index contributed by atoms with van der Waals surface area (Å²) in [4.78, 5) is 18.5. The molecule has 0 aliphatic carbocycles. The van der Waals surface area contributed by atoms with Crippen LogP contribution in [0.2, 0.25) is 0 Å². The summed E-state index contributed by atoms with van der Waals surface area (Å²) in [5.74, 6) is -0.353. The summed E-state index contributed by atoms with van der Waals surface area (Å²) in [5.41, 5.74) is 1.16. The van der Waals surface area contributed by atoms with Gasteiger partial charge in [-0.15, -0.1) is 13.2 Å². The number of thioether (sulfide) groups is 1. The van der Waals surface area contributed by atoms with Crippen LogP contribution in [0.5, 0.6) is 11.5 Å². The molecule has 2 aromatic carbocycles. The third kappa shape index (κ3) is 5.61. The summed E-state index contributed by atoms with van der Waals surface area (Å²) < 4.78 is 70.7. The molecule has 0 radical (unpaired) electrons. The van der Waals surface area contributed by atoms with Gasteiger partial charge in [-0.2, -0.15) is 4.99 Å². The monoisotopic (exact) mass is 500 g/mol. The van der Waals surface area contributed by atoms with E-state index in [0.717, 1.165) is 17.7 Å². The Morgan fingerprint density at radius 3 is 2.33 bits per heavy atom. The van der Waals surface area contributed by atoms with Crippen LogP contribution in [-0.2, 0) is 21.1 Å². The maximum absolute atomic E-state index is 12.6.